The van der Waals surface area contributed by atoms with Gasteiger partial charge in [0.05, 0.1) is 5.69 Å². The lowest BCUT2D eigenvalue weighted by molar-refractivity contribution is -0.160. The lowest BCUT2D eigenvalue weighted by atomic mass is 9.87. The van der Waals surface area contributed by atoms with Gasteiger partial charge < -0.3 is 10.1 Å². The number of sulfonamides is 1. The van der Waals surface area contributed by atoms with Crippen molar-refractivity contribution in [1.82, 2.24) is 4.31 Å². The number of nitrogens with one attached hydrogen (secondary N) is 1. The highest BCUT2D eigenvalue weighted by molar-refractivity contribution is 7.89. The van der Waals surface area contributed by atoms with Crippen LogP contribution in [0, 0.1) is 19.7 Å². The molecule has 1 unspecified atom stereocenters. The molecule has 2 aromatic carbocycles. The van der Waals surface area contributed by atoms with Crippen molar-refractivity contribution in [3.63, 3.8) is 0 Å². The number of halogens is 2. The summed E-state index contributed by atoms with van der Waals surface area (Å²) >= 11 is 6.06. The molecule has 9 heteroatoms. The van der Waals surface area contributed by atoms with E-state index in [0.29, 0.717) is 21.8 Å². The number of aryl methyl sites for hydroxylation is 1. The van der Waals surface area contributed by atoms with E-state index in [2.05, 4.69) is 5.32 Å². The fourth-order valence-corrected chi connectivity index (χ4v) is 6.13. The van der Waals surface area contributed by atoms with Crippen LogP contribution in [0.1, 0.15) is 50.3 Å². The number of carbonyl (C=O) groups is 1. The smallest absolute Gasteiger partial charge is 0.325 e. The third-order valence-electron chi connectivity index (χ3n) is 5.80. The number of ether oxygens (including phenoxy) is 1. The minimum atomic E-state index is -4.14. The lowest BCUT2D eigenvalue weighted by Crippen LogP contribution is -2.50. The molecule has 0 saturated heterocycles. The molecule has 0 aliphatic carbocycles. The van der Waals surface area contributed by atoms with Crippen molar-refractivity contribution in [2.75, 3.05) is 18.4 Å². The first-order valence-electron chi connectivity index (χ1n) is 10.8. The van der Waals surface area contributed by atoms with Crippen LogP contribution in [0.15, 0.2) is 35.2 Å². The molecule has 0 bridgehead atoms. The Morgan fingerprint density at radius 1 is 1.21 bits per heavy atom. The molecule has 0 radical (unpaired) electrons. The summed E-state index contributed by atoms with van der Waals surface area (Å²) in [5.74, 6) is -2.02. The van der Waals surface area contributed by atoms with Gasteiger partial charge in [0.1, 0.15) is 22.4 Å². The Balaban J connectivity index is 2.19. The van der Waals surface area contributed by atoms with Gasteiger partial charge in [-0.1, -0.05) is 24.6 Å². The van der Waals surface area contributed by atoms with E-state index in [-0.39, 0.29) is 18.0 Å². The highest BCUT2D eigenvalue weighted by Gasteiger charge is 2.44. The molecule has 0 amide bonds. The summed E-state index contributed by atoms with van der Waals surface area (Å²) in [5, 5.41) is 3.46. The Labute approximate surface area is 200 Å². The van der Waals surface area contributed by atoms with Crippen molar-refractivity contribution in [3.05, 3.63) is 57.9 Å². The second-order valence-corrected chi connectivity index (χ2v) is 11.6. The van der Waals surface area contributed by atoms with Crippen LogP contribution in [0.4, 0.5) is 10.1 Å². The van der Waals surface area contributed by atoms with E-state index in [4.69, 9.17) is 16.3 Å². The molecular weight excluding hydrogens is 467 g/mol. The fourth-order valence-electron chi connectivity index (χ4n) is 4.16. The molecule has 1 aliphatic rings. The van der Waals surface area contributed by atoms with Crippen LogP contribution in [0.2, 0.25) is 5.02 Å². The minimum absolute atomic E-state index is 0.00460. The van der Waals surface area contributed by atoms with Crippen LogP contribution < -0.4 is 5.32 Å². The third-order valence-corrected chi connectivity index (χ3v) is 7.97. The van der Waals surface area contributed by atoms with Crippen molar-refractivity contribution in [1.29, 1.82) is 0 Å². The molecule has 2 aromatic rings. The van der Waals surface area contributed by atoms with Crippen LogP contribution in [0.5, 0.6) is 0 Å². The average molecular weight is 497 g/mol. The Hall–Kier alpha value is -2.16. The van der Waals surface area contributed by atoms with E-state index in [9.17, 15) is 13.2 Å². The van der Waals surface area contributed by atoms with E-state index < -0.39 is 39.4 Å². The molecule has 0 saturated carbocycles. The first-order chi connectivity index (χ1) is 15.2. The van der Waals surface area contributed by atoms with Crippen molar-refractivity contribution in [2.45, 2.75) is 64.0 Å². The second kappa shape index (κ2) is 9.24. The molecule has 0 spiro atoms. The van der Waals surface area contributed by atoms with Crippen molar-refractivity contribution in [2.24, 2.45) is 0 Å². The van der Waals surface area contributed by atoms with Gasteiger partial charge in [-0.15, -0.1) is 0 Å². The third kappa shape index (κ3) is 5.18. The monoisotopic (exact) mass is 496 g/mol. The molecule has 2 atom stereocenters. The fraction of sp³-hybridized carbons (Fsp3) is 0.458. The van der Waals surface area contributed by atoms with Crippen LogP contribution in [-0.4, -0.2) is 43.4 Å². The molecule has 6 nitrogen and oxygen atoms in total. The second-order valence-electron chi connectivity index (χ2n) is 9.35. The van der Waals surface area contributed by atoms with Gasteiger partial charge in [-0.2, -0.15) is 4.31 Å². The molecule has 33 heavy (non-hydrogen) atoms. The number of esters is 1. The van der Waals surface area contributed by atoms with Gasteiger partial charge in [0.2, 0.25) is 10.0 Å². The number of hydrogen-bond donors (Lipinski definition) is 1. The molecule has 0 aromatic heterocycles. The zero-order valence-electron chi connectivity index (χ0n) is 19.7. The summed E-state index contributed by atoms with van der Waals surface area (Å²) in [7, 11) is -4.14. The summed E-state index contributed by atoms with van der Waals surface area (Å²) < 4.78 is 49.3. The molecule has 1 aliphatic heterocycles. The predicted octanol–water partition coefficient (Wildman–Crippen LogP) is 5.03. The van der Waals surface area contributed by atoms with Gasteiger partial charge in [-0.3, -0.25) is 4.79 Å². The first-order valence-corrected chi connectivity index (χ1v) is 12.6. The summed E-state index contributed by atoms with van der Waals surface area (Å²) in [6.45, 7) is 10.6. The molecular formula is C24H30ClFN2O4S. The first kappa shape index (κ1) is 25.5. The van der Waals surface area contributed by atoms with Crippen LogP contribution in [0.3, 0.4) is 0 Å². The number of hydrogen-bond acceptors (Lipinski definition) is 5. The van der Waals surface area contributed by atoms with Crippen molar-refractivity contribution >= 4 is 33.3 Å². The highest BCUT2D eigenvalue weighted by atomic mass is 35.5. The SMILES string of the molecule is Cc1ccc(F)c(C(C)[C@@H](C(=O)OC(C)(C)C)N2CCNc3cc(Cl)ccc3S2(=O)=O)c1C. The van der Waals surface area contributed by atoms with Crippen LogP contribution in [0.25, 0.3) is 0 Å². The zero-order valence-corrected chi connectivity index (χ0v) is 21.3. The normalized spacial score (nSPS) is 17.9. The number of carbonyl (C=O) groups excluding carboxylic acids is 1. The van der Waals surface area contributed by atoms with Crippen molar-refractivity contribution in [3.8, 4) is 0 Å². The standard InChI is InChI=1S/C24H30ClFN2O4S/c1-14-7-9-18(26)21(15(14)2)16(3)22(23(29)32-24(4,5)6)28-12-11-27-19-13-17(25)8-10-20(19)33(28,30)31/h7-10,13,16,22,27H,11-12H2,1-6H3/t16?,22-/m0/s1. The quantitative estimate of drug-likeness (QED) is 0.601. The van der Waals surface area contributed by atoms with E-state index in [1.165, 1.54) is 24.3 Å². The molecule has 1 N–H and O–H groups in total. The number of nitrogens with zero attached hydrogens (tertiary/aromatic N) is 1. The Morgan fingerprint density at radius 2 is 1.88 bits per heavy atom. The highest BCUT2D eigenvalue weighted by Crippen LogP contribution is 2.37. The Morgan fingerprint density at radius 3 is 2.52 bits per heavy atom. The maximum absolute atomic E-state index is 15.0. The molecule has 0 fully saturated rings. The van der Waals surface area contributed by atoms with Gasteiger partial charge >= 0.3 is 5.97 Å². The zero-order chi connectivity index (χ0) is 24.7. The van der Waals surface area contributed by atoms with E-state index in [0.717, 1.165) is 9.87 Å². The maximum atomic E-state index is 15.0. The van der Waals surface area contributed by atoms with Gasteiger partial charge in [0.15, 0.2) is 0 Å². The summed E-state index contributed by atoms with van der Waals surface area (Å²) in [5.41, 5.74) is 1.33. The largest absolute Gasteiger partial charge is 0.459 e. The van der Waals surface area contributed by atoms with E-state index in [1.807, 2.05) is 6.92 Å². The topological polar surface area (TPSA) is 75.7 Å². The van der Waals surface area contributed by atoms with E-state index in [1.54, 1.807) is 40.7 Å². The van der Waals surface area contributed by atoms with E-state index >= 15 is 4.39 Å². The van der Waals surface area contributed by atoms with Gasteiger partial charge in [0.25, 0.3) is 0 Å². The average Bonchev–Trinajstić information content (AvgIpc) is 2.80. The van der Waals surface area contributed by atoms with Crippen LogP contribution >= 0.6 is 11.6 Å². The summed E-state index contributed by atoms with van der Waals surface area (Å²) in [4.78, 5) is 13.5. The predicted molar refractivity (Wildman–Crippen MR) is 128 cm³/mol. The summed E-state index contributed by atoms with van der Waals surface area (Å²) in [6.07, 6.45) is 0. The van der Waals surface area contributed by atoms with Gasteiger partial charge in [-0.05, 0) is 75.6 Å². The van der Waals surface area contributed by atoms with Crippen molar-refractivity contribution < 1.29 is 22.3 Å². The van der Waals surface area contributed by atoms with Crippen LogP contribution in [-0.2, 0) is 19.6 Å². The molecule has 180 valence electrons. The number of anilines is 1. The number of rotatable bonds is 4. The van der Waals surface area contributed by atoms with Gasteiger partial charge in [-0.25, -0.2) is 12.8 Å². The number of fused-ring (bicyclic) bond motifs is 1. The Bertz CT molecular complexity index is 1180. The molecule has 3 rings (SSSR count). The Kier molecular flexibility index (Phi) is 7.13. The lowest BCUT2D eigenvalue weighted by Gasteiger charge is -2.35. The van der Waals surface area contributed by atoms with Gasteiger partial charge in [0, 0.05) is 24.0 Å². The molecule has 1 heterocycles. The minimum Gasteiger partial charge on any atom is -0.459 e. The summed E-state index contributed by atoms with van der Waals surface area (Å²) in [6, 6.07) is 6.17. The number of benzene rings is 2. The maximum Gasteiger partial charge on any atom is 0.325 e.